The zero-order chi connectivity index (χ0) is 7.68. The molecular weight excluding hydrogens is 195 g/mol. The Morgan fingerprint density at radius 1 is 1.42 bits per heavy atom. The summed E-state index contributed by atoms with van der Waals surface area (Å²) in [5, 5.41) is 3.26. The third-order valence-corrected chi connectivity index (χ3v) is 2.18. The van der Waals surface area contributed by atoms with Gasteiger partial charge >= 0.3 is 0 Å². The molecule has 1 aromatic heterocycles. The van der Waals surface area contributed by atoms with Crippen LogP contribution in [0.15, 0.2) is 12.3 Å². The van der Waals surface area contributed by atoms with Crippen LogP contribution in [-0.4, -0.2) is 4.98 Å². The molecule has 1 aliphatic rings. The molecule has 1 aliphatic heterocycles. The summed E-state index contributed by atoms with van der Waals surface area (Å²) in [6.45, 7) is 1.91. The molecule has 2 heterocycles. The lowest BCUT2D eigenvalue weighted by molar-refractivity contribution is 0.764. The van der Waals surface area contributed by atoms with E-state index in [1.165, 1.54) is 11.1 Å². The number of hydrogen-bond donors (Lipinski definition) is 1. The molecule has 0 fully saturated rings. The van der Waals surface area contributed by atoms with Crippen molar-refractivity contribution in [3.63, 3.8) is 0 Å². The molecule has 0 spiro atoms. The van der Waals surface area contributed by atoms with Gasteiger partial charge < -0.3 is 5.32 Å². The molecule has 12 heavy (non-hydrogen) atoms. The molecule has 0 unspecified atom stereocenters. The second-order valence-electron chi connectivity index (χ2n) is 2.68. The van der Waals surface area contributed by atoms with E-state index < -0.39 is 0 Å². The number of aromatic nitrogens is 1. The van der Waals surface area contributed by atoms with E-state index in [1.807, 2.05) is 6.20 Å². The molecule has 0 amide bonds. The summed E-state index contributed by atoms with van der Waals surface area (Å²) < 4.78 is 0. The van der Waals surface area contributed by atoms with E-state index in [0.29, 0.717) is 5.88 Å². The predicted molar refractivity (Wildman–Crippen MR) is 51.6 cm³/mol. The second-order valence-corrected chi connectivity index (χ2v) is 2.95. The number of hydrogen-bond acceptors (Lipinski definition) is 2. The number of nitrogens with zero attached hydrogens (tertiary/aromatic N) is 1. The number of rotatable bonds is 1. The van der Waals surface area contributed by atoms with Crippen LogP contribution in [0.1, 0.15) is 16.8 Å². The largest absolute Gasteiger partial charge is 0.309 e. The molecule has 66 valence electrons. The summed E-state index contributed by atoms with van der Waals surface area (Å²) in [5.41, 5.74) is 3.61. The predicted octanol–water partition coefficient (Wildman–Crippen LogP) is 1.85. The Morgan fingerprint density at radius 2 is 2.17 bits per heavy atom. The van der Waals surface area contributed by atoms with Crippen molar-refractivity contribution in [2.45, 2.75) is 19.0 Å². The molecule has 0 aromatic carbocycles. The van der Waals surface area contributed by atoms with Crippen LogP contribution in [0.4, 0.5) is 0 Å². The molecule has 0 saturated heterocycles. The van der Waals surface area contributed by atoms with E-state index in [9.17, 15) is 0 Å². The summed E-state index contributed by atoms with van der Waals surface area (Å²) in [6.07, 6.45) is 1.91. The summed E-state index contributed by atoms with van der Waals surface area (Å²) in [5.74, 6) is 0.507. The molecule has 2 nitrogen and oxygen atoms in total. The van der Waals surface area contributed by atoms with Crippen molar-refractivity contribution in [1.82, 2.24) is 10.3 Å². The van der Waals surface area contributed by atoms with Gasteiger partial charge in [0.1, 0.15) is 0 Å². The van der Waals surface area contributed by atoms with Gasteiger partial charge in [-0.15, -0.1) is 24.0 Å². The molecule has 0 radical (unpaired) electrons. The average Bonchev–Trinajstić information content (AvgIpc) is 2.50. The first kappa shape index (κ1) is 9.78. The minimum absolute atomic E-state index is 0. The maximum absolute atomic E-state index is 5.65. The van der Waals surface area contributed by atoms with Gasteiger partial charge in [-0.25, -0.2) is 0 Å². The van der Waals surface area contributed by atoms with Crippen molar-refractivity contribution in [2.75, 3.05) is 0 Å². The van der Waals surface area contributed by atoms with Crippen LogP contribution in [0.25, 0.3) is 0 Å². The van der Waals surface area contributed by atoms with Crippen LogP contribution < -0.4 is 5.32 Å². The number of halogens is 2. The van der Waals surface area contributed by atoms with Crippen molar-refractivity contribution in [1.29, 1.82) is 0 Å². The van der Waals surface area contributed by atoms with E-state index in [-0.39, 0.29) is 12.4 Å². The van der Waals surface area contributed by atoms with Gasteiger partial charge in [0, 0.05) is 19.3 Å². The minimum Gasteiger partial charge on any atom is -0.309 e. The van der Waals surface area contributed by atoms with Crippen LogP contribution in [0.3, 0.4) is 0 Å². The molecule has 2 rings (SSSR count). The molecule has 0 bridgehead atoms. The highest BCUT2D eigenvalue weighted by Crippen LogP contribution is 2.15. The van der Waals surface area contributed by atoms with Crippen molar-refractivity contribution in [3.05, 3.63) is 29.1 Å². The highest BCUT2D eigenvalue weighted by molar-refractivity contribution is 6.16. The van der Waals surface area contributed by atoms with Crippen LogP contribution in [0, 0.1) is 0 Å². The lowest BCUT2D eigenvalue weighted by Gasteiger charge is -1.98. The number of nitrogens with one attached hydrogen (secondary N) is 1. The van der Waals surface area contributed by atoms with Gasteiger partial charge in [0.25, 0.3) is 0 Å². The van der Waals surface area contributed by atoms with Crippen LogP contribution in [-0.2, 0) is 19.0 Å². The summed E-state index contributed by atoms with van der Waals surface area (Å²) >= 11 is 5.65. The van der Waals surface area contributed by atoms with Gasteiger partial charge in [0.05, 0.1) is 11.6 Å². The highest BCUT2D eigenvalue weighted by atomic mass is 35.5. The molecule has 1 N–H and O–H groups in total. The van der Waals surface area contributed by atoms with Crippen LogP contribution in [0.2, 0.25) is 0 Å². The molecule has 0 aliphatic carbocycles. The molecule has 0 saturated carbocycles. The summed E-state index contributed by atoms with van der Waals surface area (Å²) in [4.78, 5) is 4.20. The van der Waals surface area contributed by atoms with Gasteiger partial charge in [-0.2, -0.15) is 0 Å². The first-order chi connectivity index (χ1) is 5.40. The fraction of sp³-hybridized carbons (Fsp3) is 0.375. The van der Waals surface area contributed by atoms with Gasteiger partial charge in [-0.3, -0.25) is 4.98 Å². The molecule has 4 heteroatoms. The topological polar surface area (TPSA) is 24.9 Å². The Morgan fingerprint density at radius 3 is 2.92 bits per heavy atom. The Bertz CT molecular complexity index is 276. The SMILES string of the molecule is Cl.ClCc1cc2c(cn1)CNC2. The van der Waals surface area contributed by atoms with Crippen molar-refractivity contribution in [2.24, 2.45) is 0 Å². The average molecular weight is 205 g/mol. The first-order valence-corrected chi connectivity index (χ1v) is 4.17. The summed E-state index contributed by atoms with van der Waals surface area (Å²) in [7, 11) is 0. The van der Waals surface area contributed by atoms with E-state index in [2.05, 4.69) is 16.4 Å². The Balaban J connectivity index is 0.000000720. The van der Waals surface area contributed by atoms with E-state index in [0.717, 1.165) is 18.8 Å². The third kappa shape index (κ3) is 1.71. The van der Waals surface area contributed by atoms with E-state index >= 15 is 0 Å². The number of pyridine rings is 1. The van der Waals surface area contributed by atoms with Crippen molar-refractivity contribution < 1.29 is 0 Å². The Labute approximate surface area is 82.7 Å². The normalized spacial score (nSPS) is 13.8. The second kappa shape index (κ2) is 4.08. The first-order valence-electron chi connectivity index (χ1n) is 3.63. The minimum atomic E-state index is 0. The number of alkyl halides is 1. The van der Waals surface area contributed by atoms with Gasteiger partial charge in [-0.1, -0.05) is 0 Å². The Kier molecular flexibility index (Phi) is 3.32. The zero-order valence-corrected chi connectivity index (χ0v) is 8.08. The van der Waals surface area contributed by atoms with Crippen molar-refractivity contribution in [3.8, 4) is 0 Å². The van der Waals surface area contributed by atoms with Gasteiger partial charge in [0.2, 0.25) is 0 Å². The fourth-order valence-corrected chi connectivity index (χ4v) is 1.45. The maximum Gasteiger partial charge on any atom is 0.0647 e. The zero-order valence-electron chi connectivity index (χ0n) is 6.51. The van der Waals surface area contributed by atoms with E-state index in [4.69, 9.17) is 11.6 Å². The lowest BCUT2D eigenvalue weighted by atomic mass is 10.2. The quantitative estimate of drug-likeness (QED) is 0.707. The number of fused-ring (bicyclic) bond motifs is 1. The monoisotopic (exact) mass is 204 g/mol. The van der Waals surface area contributed by atoms with Crippen molar-refractivity contribution >= 4 is 24.0 Å². The van der Waals surface area contributed by atoms with Gasteiger partial charge in [0.15, 0.2) is 0 Å². The molecule has 0 atom stereocenters. The fourth-order valence-electron chi connectivity index (χ4n) is 1.30. The Hall–Kier alpha value is -0.310. The van der Waals surface area contributed by atoms with Gasteiger partial charge in [-0.05, 0) is 17.2 Å². The molecule has 1 aromatic rings. The van der Waals surface area contributed by atoms with Crippen LogP contribution in [0.5, 0.6) is 0 Å². The maximum atomic E-state index is 5.65. The lowest BCUT2D eigenvalue weighted by Crippen LogP contribution is -1.99. The smallest absolute Gasteiger partial charge is 0.0647 e. The standard InChI is InChI=1S/C8H9ClN2.ClH/c9-2-8-1-6-3-10-4-7(6)5-11-8;/h1,5,10H,2-4H2;1H. The third-order valence-electron chi connectivity index (χ3n) is 1.91. The van der Waals surface area contributed by atoms with Crippen LogP contribution >= 0.6 is 24.0 Å². The summed E-state index contributed by atoms with van der Waals surface area (Å²) in [6, 6.07) is 2.07. The molecular formula is C8H10Cl2N2. The highest BCUT2D eigenvalue weighted by Gasteiger charge is 2.09. The van der Waals surface area contributed by atoms with E-state index in [1.54, 1.807) is 0 Å².